The highest BCUT2D eigenvalue weighted by Gasteiger charge is 2.07. The van der Waals surface area contributed by atoms with Crippen molar-refractivity contribution in [2.75, 3.05) is 0 Å². The van der Waals surface area contributed by atoms with E-state index in [0.29, 0.717) is 22.8 Å². The van der Waals surface area contributed by atoms with Crippen LogP contribution < -0.4 is 0 Å². The normalized spacial score (nSPS) is 10.1. The van der Waals surface area contributed by atoms with E-state index in [0.717, 1.165) is 0 Å². The molecule has 0 saturated heterocycles. The molecule has 0 aliphatic rings. The molecule has 2 heterocycles. The summed E-state index contributed by atoms with van der Waals surface area (Å²) in [7, 11) is 0. The van der Waals surface area contributed by atoms with Crippen molar-refractivity contribution in [3.63, 3.8) is 0 Å². The fourth-order valence-corrected chi connectivity index (χ4v) is 1.31. The molecule has 0 N–H and O–H groups in total. The first kappa shape index (κ1) is 12.0. The highest BCUT2D eigenvalue weighted by Crippen LogP contribution is 2.12. The summed E-state index contributed by atoms with van der Waals surface area (Å²) in [6.07, 6.45) is 0. The molecule has 2 rings (SSSR count). The van der Waals surface area contributed by atoms with Gasteiger partial charge in [0.25, 0.3) is 0 Å². The minimum Gasteiger partial charge on any atom is -0.293 e. The summed E-state index contributed by atoms with van der Waals surface area (Å²) in [4.78, 5) is 22.1. The third-order valence-corrected chi connectivity index (χ3v) is 2.31. The summed E-state index contributed by atoms with van der Waals surface area (Å²) in [5, 5.41) is 15.3. The predicted molar refractivity (Wildman–Crippen MR) is 63.1 cm³/mol. The summed E-state index contributed by atoms with van der Waals surface area (Å²) >= 11 is 0. The molecule has 0 bridgehead atoms. The zero-order valence-corrected chi connectivity index (χ0v) is 9.91. The first-order valence-corrected chi connectivity index (χ1v) is 5.27. The van der Waals surface area contributed by atoms with Crippen LogP contribution in [0.2, 0.25) is 0 Å². The van der Waals surface area contributed by atoms with Crippen molar-refractivity contribution in [2.24, 2.45) is 0 Å². The van der Waals surface area contributed by atoms with Crippen LogP contribution in [-0.2, 0) is 0 Å². The third kappa shape index (κ3) is 2.42. The number of carbonyl (C=O) groups excluding carboxylic acids is 2. The van der Waals surface area contributed by atoms with Crippen molar-refractivity contribution in [3.05, 3.63) is 35.7 Å². The third-order valence-electron chi connectivity index (χ3n) is 2.31. The minimum absolute atomic E-state index is 0.146. The Morgan fingerprint density at radius 2 is 1.11 bits per heavy atom. The number of Topliss-reactive ketones (excluding diaryl/α,β-unsaturated/α-hetero) is 2. The molecule has 90 valence electrons. The topological polar surface area (TPSA) is 85.7 Å². The molecule has 0 fully saturated rings. The van der Waals surface area contributed by atoms with Crippen molar-refractivity contribution in [1.29, 1.82) is 0 Å². The molecule has 2 aromatic rings. The van der Waals surface area contributed by atoms with E-state index in [-0.39, 0.29) is 11.6 Å². The van der Waals surface area contributed by atoms with Crippen molar-refractivity contribution in [3.8, 4) is 11.4 Å². The maximum absolute atomic E-state index is 11.0. The Labute approximate surface area is 103 Å². The lowest BCUT2D eigenvalue weighted by molar-refractivity contribution is 0.0999. The monoisotopic (exact) mass is 242 g/mol. The lowest BCUT2D eigenvalue weighted by Crippen LogP contribution is -2.02. The molecule has 0 aliphatic heterocycles. The molecule has 0 amide bonds. The van der Waals surface area contributed by atoms with E-state index >= 15 is 0 Å². The van der Waals surface area contributed by atoms with Crippen LogP contribution in [-0.4, -0.2) is 32.0 Å². The zero-order chi connectivity index (χ0) is 13.1. The van der Waals surface area contributed by atoms with Gasteiger partial charge in [0.1, 0.15) is 22.8 Å². The van der Waals surface area contributed by atoms with E-state index < -0.39 is 0 Å². The van der Waals surface area contributed by atoms with Crippen molar-refractivity contribution >= 4 is 11.6 Å². The Hall–Kier alpha value is -2.50. The van der Waals surface area contributed by atoms with Crippen LogP contribution in [0.4, 0.5) is 0 Å². The van der Waals surface area contributed by atoms with E-state index in [9.17, 15) is 9.59 Å². The van der Waals surface area contributed by atoms with Crippen LogP contribution >= 0.6 is 0 Å². The van der Waals surface area contributed by atoms with Crippen LogP contribution in [0.25, 0.3) is 11.4 Å². The van der Waals surface area contributed by atoms with Crippen LogP contribution in [0.1, 0.15) is 34.8 Å². The van der Waals surface area contributed by atoms with Crippen molar-refractivity contribution in [2.45, 2.75) is 13.8 Å². The highest BCUT2D eigenvalue weighted by molar-refractivity contribution is 5.92. The van der Waals surface area contributed by atoms with E-state index in [4.69, 9.17) is 0 Å². The summed E-state index contributed by atoms with van der Waals surface area (Å²) in [5.74, 6) is -0.292. The SMILES string of the molecule is CC(=O)c1ccc(-c2ccc(C(C)=O)nn2)nn1. The van der Waals surface area contributed by atoms with Crippen molar-refractivity contribution < 1.29 is 9.59 Å². The number of rotatable bonds is 3. The van der Waals surface area contributed by atoms with Crippen LogP contribution in [0.15, 0.2) is 24.3 Å². The van der Waals surface area contributed by atoms with E-state index in [1.54, 1.807) is 24.3 Å². The van der Waals surface area contributed by atoms with Gasteiger partial charge in [-0.25, -0.2) is 0 Å². The van der Waals surface area contributed by atoms with Gasteiger partial charge in [0.2, 0.25) is 0 Å². The number of hydrogen-bond donors (Lipinski definition) is 0. The molecule has 0 saturated carbocycles. The lowest BCUT2D eigenvalue weighted by atomic mass is 10.2. The van der Waals surface area contributed by atoms with Crippen LogP contribution in [0.3, 0.4) is 0 Å². The van der Waals surface area contributed by atoms with Gasteiger partial charge in [-0.2, -0.15) is 0 Å². The van der Waals surface area contributed by atoms with Gasteiger partial charge in [0.15, 0.2) is 11.6 Å². The van der Waals surface area contributed by atoms with Crippen LogP contribution in [0, 0.1) is 0 Å². The van der Waals surface area contributed by atoms with E-state index in [1.165, 1.54) is 13.8 Å². The van der Waals surface area contributed by atoms with Crippen molar-refractivity contribution in [1.82, 2.24) is 20.4 Å². The summed E-state index contributed by atoms with van der Waals surface area (Å²) in [6.45, 7) is 2.84. The van der Waals surface area contributed by atoms with Gasteiger partial charge in [-0.05, 0) is 24.3 Å². The molecule has 0 unspecified atom stereocenters. The molecule has 0 aromatic carbocycles. The van der Waals surface area contributed by atoms with E-state index in [1.807, 2.05) is 0 Å². The Kier molecular flexibility index (Phi) is 3.18. The molecule has 0 aliphatic carbocycles. The van der Waals surface area contributed by atoms with Gasteiger partial charge < -0.3 is 0 Å². The molecular weight excluding hydrogens is 232 g/mol. The average molecular weight is 242 g/mol. The predicted octanol–water partition coefficient (Wildman–Crippen LogP) is 1.34. The first-order chi connectivity index (χ1) is 8.58. The maximum Gasteiger partial charge on any atom is 0.180 e. The van der Waals surface area contributed by atoms with Gasteiger partial charge in [0.05, 0.1) is 0 Å². The fourth-order valence-electron chi connectivity index (χ4n) is 1.31. The second kappa shape index (κ2) is 4.79. The standard InChI is InChI=1S/C12H10N4O2/c1-7(17)9-3-5-11(15-13-9)12-6-4-10(8(2)18)14-16-12/h3-6H,1-2H3. The van der Waals surface area contributed by atoms with Gasteiger partial charge >= 0.3 is 0 Å². The van der Waals surface area contributed by atoms with Gasteiger partial charge in [-0.3, -0.25) is 9.59 Å². The van der Waals surface area contributed by atoms with Gasteiger partial charge in [-0.15, -0.1) is 20.4 Å². The lowest BCUT2D eigenvalue weighted by Gasteiger charge is -1.99. The summed E-state index contributed by atoms with van der Waals surface area (Å²) in [5.41, 5.74) is 1.60. The molecule has 6 heteroatoms. The molecule has 0 spiro atoms. The quantitative estimate of drug-likeness (QED) is 0.755. The smallest absolute Gasteiger partial charge is 0.180 e. The maximum atomic E-state index is 11.0. The fraction of sp³-hybridized carbons (Fsp3) is 0.167. The second-order valence-corrected chi connectivity index (χ2v) is 3.72. The summed E-state index contributed by atoms with van der Waals surface area (Å²) < 4.78 is 0. The highest BCUT2D eigenvalue weighted by atomic mass is 16.1. The number of carbonyl (C=O) groups is 2. The number of aromatic nitrogens is 4. The molecule has 0 radical (unpaired) electrons. The Morgan fingerprint density at radius 1 is 0.722 bits per heavy atom. The van der Waals surface area contributed by atoms with Crippen LogP contribution in [0.5, 0.6) is 0 Å². The Bertz CT molecular complexity index is 535. The molecule has 18 heavy (non-hydrogen) atoms. The Balaban J connectivity index is 2.31. The van der Waals surface area contributed by atoms with E-state index in [2.05, 4.69) is 20.4 Å². The number of ketones is 2. The zero-order valence-electron chi connectivity index (χ0n) is 9.91. The molecular formula is C12H10N4O2. The molecule has 2 aromatic heterocycles. The molecule has 6 nitrogen and oxygen atoms in total. The minimum atomic E-state index is -0.146. The summed E-state index contributed by atoms with van der Waals surface area (Å²) in [6, 6.07) is 6.43. The number of nitrogens with zero attached hydrogens (tertiary/aromatic N) is 4. The van der Waals surface area contributed by atoms with Gasteiger partial charge in [-0.1, -0.05) is 0 Å². The molecule has 0 atom stereocenters. The largest absolute Gasteiger partial charge is 0.293 e. The van der Waals surface area contributed by atoms with Gasteiger partial charge in [0, 0.05) is 13.8 Å². The first-order valence-electron chi connectivity index (χ1n) is 5.27. The number of hydrogen-bond acceptors (Lipinski definition) is 6. The Morgan fingerprint density at radius 3 is 1.33 bits per heavy atom. The average Bonchev–Trinajstić information content (AvgIpc) is 2.39. The second-order valence-electron chi connectivity index (χ2n) is 3.72.